The van der Waals surface area contributed by atoms with Crippen LogP contribution in [0.5, 0.6) is 0 Å². The molecule has 3 N–H and O–H groups in total. The third kappa shape index (κ3) is 4.27. The summed E-state index contributed by atoms with van der Waals surface area (Å²) in [5, 5.41) is 23.6. The second-order valence-corrected chi connectivity index (χ2v) is 8.51. The lowest BCUT2D eigenvalue weighted by Crippen LogP contribution is -2.30. The normalized spacial score (nSPS) is 14.4. The average Bonchev–Trinajstić information content (AvgIpc) is 3.38. The number of aliphatic hydroxyl groups is 2. The summed E-state index contributed by atoms with van der Waals surface area (Å²) in [6, 6.07) is 21.4. The number of nitrogens with zero attached hydrogens (tertiary/aromatic N) is 1. The van der Waals surface area contributed by atoms with Crippen molar-refractivity contribution in [1.29, 1.82) is 0 Å². The first kappa shape index (κ1) is 22.1. The lowest BCUT2D eigenvalue weighted by atomic mass is 9.98. The van der Waals surface area contributed by atoms with Crippen LogP contribution >= 0.6 is 0 Å². The molecule has 2 atom stereocenters. The van der Waals surface area contributed by atoms with Crippen molar-refractivity contribution in [3.63, 3.8) is 0 Å². The van der Waals surface area contributed by atoms with E-state index in [0.29, 0.717) is 22.6 Å². The van der Waals surface area contributed by atoms with Gasteiger partial charge in [0, 0.05) is 19.4 Å². The Kier molecular flexibility index (Phi) is 6.04. The van der Waals surface area contributed by atoms with E-state index >= 15 is 0 Å². The van der Waals surface area contributed by atoms with E-state index in [1.54, 1.807) is 25.1 Å². The number of carbonyl (C=O) groups excluding carboxylic acids is 1. The summed E-state index contributed by atoms with van der Waals surface area (Å²) in [4.78, 5) is 16.5. The van der Waals surface area contributed by atoms with Crippen LogP contribution in [0.3, 0.4) is 0 Å². The zero-order valence-electron chi connectivity index (χ0n) is 18.8. The highest BCUT2D eigenvalue weighted by Crippen LogP contribution is 2.44. The van der Waals surface area contributed by atoms with Crippen LogP contribution in [0.1, 0.15) is 41.0 Å². The predicted octanol–water partition coefficient (Wildman–Crippen LogP) is 4.46. The van der Waals surface area contributed by atoms with Gasteiger partial charge >= 0.3 is 6.09 Å². The molecule has 1 aromatic heterocycles. The number of ether oxygens (including phenoxy) is 1. The zero-order valence-corrected chi connectivity index (χ0v) is 18.8. The van der Waals surface area contributed by atoms with Crippen molar-refractivity contribution in [3.8, 4) is 11.1 Å². The smallest absolute Gasteiger partial charge is 0.407 e. The van der Waals surface area contributed by atoms with Gasteiger partial charge in [0.15, 0.2) is 11.5 Å². The molecule has 0 saturated carbocycles. The van der Waals surface area contributed by atoms with Gasteiger partial charge in [0.2, 0.25) is 0 Å². The molecule has 4 aromatic rings. The van der Waals surface area contributed by atoms with E-state index < -0.39 is 18.3 Å². The number of aliphatic hydroxyl groups excluding tert-OH is 2. The fraction of sp³-hybridized carbons (Fsp3) is 0.259. The SMILES string of the molecule is Cc1nc2cc(C(O)C(O)CCNC(=O)OCC3c4ccccc4-c4ccccc43)ccc2o1. The molecule has 174 valence electrons. The summed E-state index contributed by atoms with van der Waals surface area (Å²) in [6.45, 7) is 2.14. The summed E-state index contributed by atoms with van der Waals surface area (Å²) in [6.07, 6.45) is -2.55. The van der Waals surface area contributed by atoms with Crippen LogP contribution in [0.15, 0.2) is 71.1 Å². The number of alkyl carbamates (subject to hydrolysis) is 1. The zero-order chi connectivity index (χ0) is 23.7. The number of hydrogen-bond acceptors (Lipinski definition) is 6. The minimum atomic E-state index is -1.11. The van der Waals surface area contributed by atoms with Crippen molar-refractivity contribution in [1.82, 2.24) is 10.3 Å². The van der Waals surface area contributed by atoms with Gasteiger partial charge in [-0.25, -0.2) is 9.78 Å². The molecule has 0 radical (unpaired) electrons. The Bertz CT molecular complexity index is 1290. The van der Waals surface area contributed by atoms with Gasteiger partial charge in [0.05, 0.1) is 6.10 Å². The van der Waals surface area contributed by atoms with Crippen LogP contribution in [0.4, 0.5) is 4.79 Å². The van der Waals surface area contributed by atoms with Gasteiger partial charge in [-0.3, -0.25) is 0 Å². The number of fused-ring (bicyclic) bond motifs is 4. The van der Waals surface area contributed by atoms with Crippen molar-refractivity contribution >= 4 is 17.2 Å². The number of hydrogen-bond donors (Lipinski definition) is 3. The van der Waals surface area contributed by atoms with Crippen LogP contribution in [0, 0.1) is 6.92 Å². The minimum Gasteiger partial charge on any atom is -0.449 e. The number of aryl methyl sites for hydroxylation is 1. The van der Waals surface area contributed by atoms with Gasteiger partial charge in [-0.05, 0) is 46.4 Å². The topological polar surface area (TPSA) is 105 Å². The Labute approximate surface area is 197 Å². The lowest BCUT2D eigenvalue weighted by molar-refractivity contribution is 0.0137. The van der Waals surface area contributed by atoms with Gasteiger partial charge in [-0.2, -0.15) is 0 Å². The van der Waals surface area contributed by atoms with E-state index in [1.165, 1.54) is 11.1 Å². The van der Waals surface area contributed by atoms with Gasteiger partial charge < -0.3 is 24.7 Å². The summed E-state index contributed by atoms with van der Waals surface area (Å²) < 4.78 is 10.9. The maximum Gasteiger partial charge on any atom is 0.407 e. The van der Waals surface area contributed by atoms with Crippen molar-refractivity contribution in [3.05, 3.63) is 89.3 Å². The van der Waals surface area contributed by atoms with E-state index in [2.05, 4.69) is 34.6 Å². The molecule has 0 aliphatic heterocycles. The molecule has 1 amide bonds. The maximum atomic E-state index is 12.3. The molecule has 0 fully saturated rings. The summed E-state index contributed by atoms with van der Waals surface area (Å²) in [7, 11) is 0. The maximum absolute atomic E-state index is 12.3. The number of carbonyl (C=O) groups is 1. The highest BCUT2D eigenvalue weighted by Gasteiger charge is 2.29. The number of oxazole rings is 1. The predicted molar refractivity (Wildman–Crippen MR) is 127 cm³/mol. The van der Waals surface area contributed by atoms with Gasteiger partial charge in [-0.15, -0.1) is 0 Å². The molecule has 1 heterocycles. The van der Waals surface area contributed by atoms with Crippen LogP contribution in [0.25, 0.3) is 22.2 Å². The molecule has 5 rings (SSSR count). The van der Waals surface area contributed by atoms with Gasteiger partial charge in [0.1, 0.15) is 18.2 Å². The third-order valence-corrected chi connectivity index (χ3v) is 6.28. The molecular weight excluding hydrogens is 432 g/mol. The number of benzene rings is 3. The molecule has 0 bridgehead atoms. The molecule has 3 aromatic carbocycles. The Morgan fingerprint density at radius 1 is 1.06 bits per heavy atom. The van der Waals surface area contributed by atoms with E-state index in [-0.39, 0.29) is 25.5 Å². The van der Waals surface area contributed by atoms with Gasteiger partial charge in [0.25, 0.3) is 0 Å². The molecule has 7 heteroatoms. The van der Waals surface area contributed by atoms with Crippen molar-refractivity contribution in [2.45, 2.75) is 31.5 Å². The monoisotopic (exact) mass is 458 g/mol. The van der Waals surface area contributed by atoms with E-state index in [9.17, 15) is 15.0 Å². The number of nitrogens with one attached hydrogen (secondary N) is 1. The molecule has 0 saturated heterocycles. The Balaban J connectivity index is 1.13. The highest BCUT2D eigenvalue weighted by molar-refractivity contribution is 5.79. The average molecular weight is 459 g/mol. The van der Waals surface area contributed by atoms with E-state index in [0.717, 1.165) is 11.1 Å². The molecular formula is C27H26N2O5. The molecule has 1 aliphatic carbocycles. The quantitative estimate of drug-likeness (QED) is 0.378. The van der Waals surface area contributed by atoms with Crippen LogP contribution < -0.4 is 5.32 Å². The first-order valence-electron chi connectivity index (χ1n) is 11.3. The molecule has 2 unspecified atom stereocenters. The lowest BCUT2D eigenvalue weighted by Gasteiger charge is -2.19. The van der Waals surface area contributed by atoms with Crippen molar-refractivity contribution < 1.29 is 24.2 Å². The Morgan fingerprint density at radius 3 is 2.44 bits per heavy atom. The van der Waals surface area contributed by atoms with Crippen LogP contribution in [-0.4, -0.2) is 40.5 Å². The third-order valence-electron chi connectivity index (χ3n) is 6.28. The summed E-state index contributed by atoms with van der Waals surface area (Å²) in [5.74, 6) is 0.523. The number of rotatable bonds is 7. The Hall–Kier alpha value is -3.68. The summed E-state index contributed by atoms with van der Waals surface area (Å²) in [5.41, 5.74) is 6.42. The highest BCUT2D eigenvalue weighted by atomic mass is 16.5. The molecule has 7 nitrogen and oxygen atoms in total. The number of amides is 1. The molecule has 34 heavy (non-hydrogen) atoms. The van der Waals surface area contributed by atoms with Crippen LogP contribution in [-0.2, 0) is 4.74 Å². The number of aromatic nitrogens is 1. The van der Waals surface area contributed by atoms with Gasteiger partial charge in [-0.1, -0.05) is 54.6 Å². The second kappa shape index (κ2) is 9.29. The van der Waals surface area contributed by atoms with E-state index in [4.69, 9.17) is 9.15 Å². The van der Waals surface area contributed by atoms with E-state index in [1.807, 2.05) is 24.3 Å². The van der Waals surface area contributed by atoms with Crippen molar-refractivity contribution in [2.75, 3.05) is 13.2 Å². The first-order valence-corrected chi connectivity index (χ1v) is 11.3. The first-order chi connectivity index (χ1) is 16.5. The standard InChI is InChI=1S/C27H26N2O5/c1-16-29-23-14-17(10-11-25(23)34-16)26(31)24(30)12-13-28-27(32)33-15-22-20-8-4-2-6-18(20)19-7-3-5-9-21(19)22/h2-11,14,22,24,26,30-31H,12-13,15H2,1H3,(H,28,32). The summed E-state index contributed by atoms with van der Waals surface area (Å²) >= 11 is 0. The minimum absolute atomic E-state index is 0.0133. The molecule has 0 spiro atoms. The molecule has 1 aliphatic rings. The van der Waals surface area contributed by atoms with Crippen LogP contribution in [0.2, 0.25) is 0 Å². The Morgan fingerprint density at radius 2 is 1.74 bits per heavy atom. The second-order valence-electron chi connectivity index (χ2n) is 8.51. The fourth-order valence-corrected chi connectivity index (χ4v) is 4.60. The largest absolute Gasteiger partial charge is 0.449 e. The van der Waals surface area contributed by atoms with Crippen molar-refractivity contribution in [2.24, 2.45) is 0 Å². The fourth-order valence-electron chi connectivity index (χ4n) is 4.60.